The average molecular weight is 335 g/mol. The van der Waals surface area contributed by atoms with Crippen LogP contribution in [0, 0.1) is 0 Å². The lowest BCUT2D eigenvalue weighted by Crippen LogP contribution is -2.33. The van der Waals surface area contributed by atoms with Gasteiger partial charge < -0.3 is 15.1 Å². The van der Waals surface area contributed by atoms with Gasteiger partial charge in [0.15, 0.2) is 5.82 Å². The largest absolute Gasteiger partial charge is 0.495 e. The number of hydrogen-bond acceptors (Lipinski definition) is 7. The summed E-state index contributed by atoms with van der Waals surface area (Å²) in [6.07, 6.45) is 5.42. The lowest BCUT2D eigenvalue weighted by atomic mass is 9.92. The first-order valence-corrected chi connectivity index (χ1v) is 7.84. The molecule has 0 amide bonds. The van der Waals surface area contributed by atoms with Crippen LogP contribution in [0.15, 0.2) is 24.5 Å². The van der Waals surface area contributed by atoms with E-state index in [9.17, 15) is 0 Å². The summed E-state index contributed by atoms with van der Waals surface area (Å²) in [5.74, 6) is 7.02. The van der Waals surface area contributed by atoms with Crippen LogP contribution in [0.2, 0.25) is 5.02 Å². The molecule has 7 nitrogen and oxygen atoms in total. The molecule has 2 aromatic rings. The molecule has 3 N–H and O–H groups in total. The predicted molar refractivity (Wildman–Crippen MR) is 89.8 cm³/mol. The second-order valence-corrected chi connectivity index (χ2v) is 5.77. The van der Waals surface area contributed by atoms with Gasteiger partial charge in [0.25, 0.3) is 0 Å². The number of nitrogens with one attached hydrogen (secondary N) is 1. The maximum atomic E-state index is 6.32. The predicted octanol–water partition coefficient (Wildman–Crippen LogP) is 2.20. The quantitative estimate of drug-likeness (QED) is 0.654. The molecule has 8 heteroatoms. The fourth-order valence-electron chi connectivity index (χ4n) is 2.95. The molecule has 1 aliphatic rings. The number of hydrogen-bond donors (Lipinski definition) is 2. The summed E-state index contributed by atoms with van der Waals surface area (Å²) in [5, 5.41) is 8.31. The van der Waals surface area contributed by atoms with E-state index in [4.69, 9.17) is 22.2 Å². The van der Waals surface area contributed by atoms with E-state index in [0.29, 0.717) is 16.8 Å². The maximum Gasteiger partial charge on any atom is 0.183 e. The van der Waals surface area contributed by atoms with Gasteiger partial charge in [-0.2, -0.15) is 5.10 Å². The van der Waals surface area contributed by atoms with E-state index in [2.05, 4.69) is 25.5 Å². The molecule has 0 aromatic carbocycles. The van der Waals surface area contributed by atoms with Crippen molar-refractivity contribution >= 4 is 23.1 Å². The van der Waals surface area contributed by atoms with Crippen molar-refractivity contribution in [1.82, 2.24) is 15.2 Å². The molecule has 1 fully saturated rings. The maximum absolute atomic E-state index is 6.32. The molecule has 122 valence electrons. The van der Waals surface area contributed by atoms with Crippen molar-refractivity contribution in [2.75, 3.05) is 30.5 Å². The van der Waals surface area contributed by atoms with Gasteiger partial charge in [-0.3, -0.25) is 4.98 Å². The smallest absolute Gasteiger partial charge is 0.183 e. The van der Waals surface area contributed by atoms with E-state index < -0.39 is 0 Å². The highest BCUT2D eigenvalue weighted by Gasteiger charge is 2.26. The Morgan fingerprint density at radius 3 is 2.87 bits per heavy atom. The molecule has 0 spiro atoms. The number of nitrogens with two attached hydrogens (primary N) is 1. The Balaban J connectivity index is 1.74. The summed E-state index contributed by atoms with van der Waals surface area (Å²) in [4.78, 5) is 6.70. The molecule has 1 saturated heterocycles. The Morgan fingerprint density at radius 1 is 1.39 bits per heavy atom. The molecule has 3 rings (SSSR count). The fourth-order valence-corrected chi connectivity index (χ4v) is 3.21. The summed E-state index contributed by atoms with van der Waals surface area (Å²) in [7, 11) is 1.68. The molecule has 0 aliphatic carbocycles. The van der Waals surface area contributed by atoms with Gasteiger partial charge in [0.05, 0.1) is 24.7 Å². The summed E-state index contributed by atoms with van der Waals surface area (Å²) < 4.78 is 5.42. The topological polar surface area (TPSA) is 89.2 Å². The minimum atomic E-state index is 0.378. The molecule has 2 aromatic heterocycles. The van der Waals surface area contributed by atoms with Crippen LogP contribution in [0.3, 0.4) is 0 Å². The van der Waals surface area contributed by atoms with Gasteiger partial charge in [0.1, 0.15) is 10.8 Å². The monoisotopic (exact) mass is 334 g/mol. The van der Waals surface area contributed by atoms with Crippen LogP contribution >= 0.6 is 11.6 Å². The summed E-state index contributed by atoms with van der Waals surface area (Å²) in [6, 6.07) is 3.85. The van der Waals surface area contributed by atoms with Crippen LogP contribution in [0.5, 0.6) is 5.75 Å². The van der Waals surface area contributed by atoms with Crippen LogP contribution in [0.4, 0.5) is 11.5 Å². The standard InChI is InChI=1S/C15H19ClN6O/c1-23-12-3-2-6-18-14(12)10-4-7-22(8-5-10)11-9-19-21-15(20-17)13(11)16/h2-3,6,9-10H,4-5,7-8,17H2,1H3,(H,20,21). The first kappa shape index (κ1) is 15.8. The number of nitrogens with zero attached hydrogens (tertiary/aromatic N) is 4. The number of anilines is 2. The highest BCUT2D eigenvalue weighted by atomic mass is 35.5. The lowest BCUT2D eigenvalue weighted by molar-refractivity contribution is 0.392. The normalized spacial score (nSPS) is 15.5. The number of ether oxygens (including phenoxy) is 1. The SMILES string of the molecule is COc1cccnc1C1CCN(c2cnnc(NN)c2Cl)CC1. The van der Waals surface area contributed by atoms with Crippen LogP contribution in [-0.2, 0) is 0 Å². The summed E-state index contributed by atoms with van der Waals surface area (Å²) in [6.45, 7) is 1.72. The van der Waals surface area contributed by atoms with E-state index in [1.807, 2.05) is 18.3 Å². The number of aromatic nitrogens is 3. The Kier molecular flexibility index (Phi) is 4.78. The van der Waals surface area contributed by atoms with E-state index in [1.165, 1.54) is 0 Å². The second kappa shape index (κ2) is 6.97. The van der Waals surface area contributed by atoms with Crippen molar-refractivity contribution in [1.29, 1.82) is 0 Å². The molecule has 0 atom stereocenters. The number of rotatable bonds is 4. The van der Waals surface area contributed by atoms with Gasteiger partial charge in [-0.1, -0.05) is 11.6 Å². The number of piperidine rings is 1. The summed E-state index contributed by atoms with van der Waals surface area (Å²) >= 11 is 6.32. The number of nitrogen functional groups attached to an aromatic ring is 1. The van der Waals surface area contributed by atoms with E-state index in [0.717, 1.165) is 43.1 Å². The zero-order chi connectivity index (χ0) is 16.2. The second-order valence-electron chi connectivity index (χ2n) is 5.39. The fraction of sp³-hybridized carbons (Fsp3) is 0.400. The molecule has 0 radical (unpaired) electrons. The van der Waals surface area contributed by atoms with Crippen LogP contribution in [0.25, 0.3) is 0 Å². The molecular formula is C15H19ClN6O. The molecule has 0 unspecified atom stereocenters. The van der Waals surface area contributed by atoms with Crippen molar-refractivity contribution in [3.63, 3.8) is 0 Å². The van der Waals surface area contributed by atoms with Gasteiger partial charge in [0, 0.05) is 25.2 Å². The molecule has 3 heterocycles. The number of halogens is 1. The molecular weight excluding hydrogens is 316 g/mol. The molecule has 23 heavy (non-hydrogen) atoms. The lowest BCUT2D eigenvalue weighted by Gasteiger charge is -2.34. The van der Waals surface area contributed by atoms with Crippen molar-refractivity contribution in [3.8, 4) is 5.75 Å². The van der Waals surface area contributed by atoms with E-state index in [1.54, 1.807) is 13.3 Å². The van der Waals surface area contributed by atoms with Crippen molar-refractivity contribution in [3.05, 3.63) is 35.2 Å². The van der Waals surface area contributed by atoms with Gasteiger partial charge in [-0.25, -0.2) is 5.84 Å². The summed E-state index contributed by atoms with van der Waals surface area (Å²) in [5.41, 5.74) is 4.34. The Labute approximate surface area is 139 Å². The third kappa shape index (κ3) is 3.16. The first-order valence-electron chi connectivity index (χ1n) is 7.46. The van der Waals surface area contributed by atoms with Gasteiger partial charge in [-0.05, 0) is 25.0 Å². The average Bonchev–Trinajstić information content (AvgIpc) is 2.62. The van der Waals surface area contributed by atoms with Crippen LogP contribution in [0.1, 0.15) is 24.5 Å². The zero-order valence-electron chi connectivity index (χ0n) is 12.9. The Hall–Kier alpha value is -2.12. The minimum absolute atomic E-state index is 0.378. The highest BCUT2D eigenvalue weighted by Crippen LogP contribution is 2.36. The van der Waals surface area contributed by atoms with E-state index >= 15 is 0 Å². The number of methoxy groups -OCH3 is 1. The molecule has 0 saturated carbocycles. The third-order valence-electron chi connectivity index (χ3n) is 4.15. The number of pyridine rings is 1. The van der Waals surface area contributed by atoms with Gasteiger partial charge >= 0.3 is 0 Å². The Bertz CT molecular complexity index is 675. The third-order valence-corrected chi connectivity index (χ3v) is 4.52. The Morgan fingerprint density at radius 2 is 2.17 bits per heavy atom. The van der Waals surface area contributed by atoms with Gasteiger partial charge in [-0.15, -0.1) is 5.10 Å². The van der Waals surface area contributed by atoms with Gasteiger partial charge in [0.2, 0.25) is 0 Å². The minimum Gasteiger partial charge on any atom is -0.495 e. The van der Waals surface area contributed by atoms with Crippen molar-refractivity contribution in [2.24, 2.45) is 5.84 Å². The van der Waals surface area contributed by atoms with Crippen LogP contribution in [-0.4, -0.2) is 35.4 Å². The highest BCUT2D eigenvalue weighted by molar-refractivity contribution is 6.35. The number of hydrazine groups is 1. The molecule has 0 bridgehead atoms. The molecule has 1 aliphatic heterocycles. The first-order chi connectivity index (χ1) is 11.2. The van der Waals surface area contributed by atoms with Crippen LogP contribution < -0.4 is 20.9 Å². The van der Waals surface area contributed by atoms with E-state index in [-0.39, 0.29) is 0 Å². The zero-order valence-corrected chi connectivity index (χ0v) is 13.6. The van der Waals surface area contributed by atoms with Crippen molar-refractivity contribution < 1.29 is 4.74 Å². The van der Waals surface area contributed by atoms with Crippen molar-refractivity contribution in [2.45, 2.75) is 18.8 Å².